The molecule has 0 saturated carbocycles. The van der Waals surface area contributed by atoms with Gasteiger partial charge in [-0.1, -0.05) is 0 Å². The van der Waals surface area contributed by atoms with Gasteiger partial charge in [-0.15, -0.1) is 0 Å². The van der Waals surface area contributed by atoms with Crippen LogP contribution in [0.15, 0.2) is 12.1 Å². The summed E-state index contributed by atoms with van der Waals surface area (Å²) in [4.78, 5) is 2.29. The van der Waals surface area contributed by atoms with Crippen molar-refractivity contribution in [3.8, 4) is 11.8 Å². The molecule has 0 aliphatic carbocycles. The van der Waals surface area contributed by atoms with E-state index in [1.54, 1.807) is 6.07 Å². The van der Waals surface area contributed by atoms with E-state index in [1.807, 2.05) is 6.07 Å². The quantitative estimate of drug-likeness (QED) is 0.889. The van der Waals surface area contributed by atoms with E-state index in [9.17, 15) is 9.50 Å². The van der Waals surface area contributed by atoms with Crippen LogP contribution in [0.25, 0.3) is 0 Å². The third kappa shape index (κ3) is 3.47. The number of halogens is 1. The fraction of sp³-hybridized carbons (Fsp3) is 0.588. The molecule has 0 aromatic heterocycles. The molecule has 1 aromatic carbocycles. The summed E-state index contributed by atoms with van der Waals surface area (Å²) in [5, 5.41) is 22.7. The zero-order chi connectivity index (χ0) is 16.2. The molecule has 0 spiro atoms. The van der Waals surface area contributed by atoms with Crippen molar-refractivity contribution in [3.63, 3.8) is 0 Å². The molecule has 6 heteroatoms. The number of piperazine rings is 1. The van der Waals surface area contributed by atoms with Gasteiger partial charge in [-0.3, -0.25) is 4.90 Å². The molecule has 0 amide bonds. The van der Waals surface area contributed by atoms with Crippen molar-refractivity contribution in [1.29, 1.82) is 5.26 Å². The number of ether oxygens (including phenoxy) is 1. The van der Waals surface area contributed by atoms with E-state index in [0.29, 0.717) is 24.7 Å². The number of nitrogens with zero attached hydrogens (tertiary/aromatic N) is 2. The third-order valence-electron chi connectivity index (χ3n) is 4.80. The highest BCUT2D eigenvalue weighted by molar-refractivity contribution is 5.44. The summed E-state index contributed by atoms with van der Waals surface area (Å²) >= 11 is 0. The van der Waals surface area contributed by atoms with E-state index in [-0.39, 0.29) is 17.4 Å². The van der Waals surface area contributed by atoms with Crippen LogP contribution in [0, 0.1) is 23.1 Å². The second-order valence-electron chi connectivity index (χ2n) is 6.19. The molecule has 2 fully saturated rings. The highest BCUT2D eigenvalue weighted by Crippen LogP contribution is 2.40. The number of phenolic OH excluding ortho intramolecular Hbond substituents is 1. The van der Waals surface area contributed by atoms with Gasteiger partial charge in [0.15, 0.2) is 11.6 Å². The number of hydrogen-bond acceptors (Lipinski definition) is 5. The lowest BCUT2D eigenvalue weighted by Gasteiger charge is -2.41. The molecule has 1 aromatic rings. The summed E-state index contributed by atoms with van der Waals surface area (Å²) in [7, 11) is 0. The van der Waals surface area contributed by atoms with Crippen LogP contribution in [-0.4, -0.2) is 49.4 Å². The van der Waals surface area contributed by atoms with Crippen LogP contribution in [0.1, 0.15) is 30.0 Å². The largest absolute Gasteiger partial charge is 0.505 e. The highest BCUT2D eigenvalue weighted by Gasteiger charge is 2.33. The van der Waals surface area contributed by atoms with Gasteiger partial charge in [0.25, 0.3) is 0 Å². The summed E-state index contributed by atoms with van der Waals surface area (Å²) in [5.74, 6) is -0.744. The Balaban J connectivity index is 2.00. The van der Waals surface area contributed by atoms with Gasteiger partial charge in [0.1, 0.15) is 0 Å². The number of rotatable bonds is 3. The van der Waals surface area contributed by atoms with Crippen LogP contribution >= 0.6 is 0 Å². The molecule has 1 atom stereocenters. The van der Waals surface area contributed by atoms with E-state index < -0.39 is 5.82 Å². The van der Waals surface area contributed by atoms with Crippen LogP contribution in [-0.2, 0) is 4.74 Å². The lowest BCUT2D eigenvalue weighted by molar-refractivity contribution is 0.0205. The topological polar surface area (TPSA) is 68.5 Å². The van der Waals surface area contributed by atoms with Crippen LogP contribution in [0.2, 0.25) is 0 Å². The Labute approximate surface area is 135 Å². The summed E-state index contributed by atoms with van der Waals surface area (Å²) in [5.41, 5.74) is 0.790. The van der Waals surface area contributed by atoms with Crippen LogP contribution < -0.4 is 5.32 Å². The third-order valence-corrected chi connectivity index (χ3v) is 4.80. The zero-order valence-corrected chi connectivity index (χ0v) is 13.1. The first kappa shape index (κ1) is 16.2. The van der Waals surface area contributed by atoms with E-state index in [4.69, 9.17) is 10.00 Å². The summed E-state index contributed by atoms with van der Waals surface area (Å²) < 4.78 is 19.5. The first-order valence-corrected chi connectivity index (χ1v) is 8.15. The molecule has 2 aliphatic rings. The highest BCUT2D eigenvalue weighted by atomic mass is 19.1. The van der Waals surface area contributed by atoms with Gasteiger partial charge in [-0.05, 0) is 30.9 Å². The lowest BCUT2D eigenvalue weighted by Crippen LogP contribution is -2.47. The predicted octanol–water partition coefficient (Wildman–Crippen LogP) is 1.78. The normalized spacial score (nSPS) is 21.7. The minimum Gasteiger partial charge on any atom is -0.505 e. The smallest absolute Gasteiger partial charge is 0.166 e. The molecule has 2 N–H and O–H groups in total. The Morgan fingerprint density at radius 3 is 2.65 bits per heavy atom. The molecule has 0 radical (unpaired) electrons. The Morgan fingerprint density at radius 1 is 1.30 bits per heavy atom. The number of nitrogens with one attached hydrogen (secondary N) is 1. The first-order valence-electron chi connectivity index (χ1n) is 8.15. The Kier molecular flexibility index (Phi) is 5.11. The molecule has 3 rings (SSSR count). The van der Waals surface area contributed by atoms with Gasteiger partial charge in [0.2, 0.25) is 0 Å². The van der Waals surface area contributed by atoms with Crippen LogP contribution in [0.4, 0.5) is 4.39 Å². The van der Waals surface area contributed by atoms with E-state index >= 15 is 0 Å². The molecular weight excluding hydrogens is 297 g/mol. The maximum Gasteiger partial charge on any atom is 0.166 e. The van der Waals surface area contributed by atoms with Gasteiger partial charge in [0, 0.05) is 51.0 Å². The zero-order valence-electron chi connectivity index (χ0n) is 13.1. The number of phenols is 1. The minimum atomic E-state index is -0.716. The van der Waals surface area contributed by atoms with Crippen molar-refractivity contribution in [2.24, 2.45) is 5.92 Å². The Morgan fingerprint density at radius 2 is 2.00 bits per heavy atom. The van der Waals surface area contributed by atoms with E-state index in [2.05, 4.69) is 10.2 Å². The van der Waals surface area contributed by atoms with Crippen molar-refractivity contribution in [1.82, 2.24) is 10.2 Å². The average molecular weight is 319 g/mol. The standard InChI is InChI=1S/C17H22FN3O2/c18-15-10-12(11-19)9-14(17(15)22)16(13-1-7-23-8-2-13)21-5-3-20-4-6-21/h9-10,13,16,20,22H,1-8H2/t16-/m0/s1. The molecule has 2 heterocycles. The number of hydrogen-bond donors (Lipinski definition) is 2. The fourth-order valence-electron chi connectivity index (χ4n) is 3.65. The molecule has 0 bridgehead atoms. The van der Waals surface area contributed by atoms with Gasteiger partial charge >= 0.3 is 0 Å². The molecule has 2 saturated heterocycles. The molecular formula is C17H22FN3O2. The van der Waals surface area contributed by atoms with E-state index in [1.165, 1.54) is 0 Å². The van der Waals surface area contributed by atoms with Gasteiger partial charge in [0.05, 0.1) is 11.6 Å². The number of aromatic hydroxyl groups is 1. The Hall–Kier alpha value is -1.68. The molecule has 124 valence electrons. The van der Waals surface area contributed by atoms with Gasteiger partial charge < -0.3 is 15.2 Å². The second-order valence-corrected chi connectivity index (χ2v) is 6.19. The van der Waals surface area contributed by atoms with Crippen molar-refractivity contribution in [2.45, 2.75) is 18.9 Å². The fourth-order valence-corrected chi connectivity index (χ4v) is 3.65. The van der Waals surface area contributed by atoms with Crippen LogP contribution in [0.3, 0.4) is 0 Å². The Bertz CT molecular complexity index is 572. The van der Waals surface area contributed by atoms with Crippen molar-refractivity contribution >= 4 is 0 Å². The van der Waals surface area contributed by atoms with Gasteiger partial charge in [-0.25, -0.2) is 4.39 Å². The lowest BCUT2D eigenvalue weighted by atomic mass is 9.84. The minimum absolute atomic E-state index is 0.0798. The van der Waals surface area contributed by atoms with Crippen molar-refractivity contribution < 1.29 is 14.2 Å². The summed E-state index contributed by atoms with van der Waals surface area (Å²) in [6.45, 7) is 4.82. The maximum atomic E-state index is 14.1. The second kappa shape index (κ2) is 7.26. The van der Waals surface area contributed by atoms with Crippen molar-refractivity contribution in [3.05, 3.63) is 29.1 Å². The van der Waals surface area contributed by atoms with Crippen LogP contribution in [0.5, 0.6) is 5.75 Å². The molecule has 5 nitrogen and oxygen atoms in total. The average Bonchev–Trinajstić information content (AvgIpc) is 2.60. The number of nitriles is 1. The molecule has 23 heavy (non-hydrogen) atoms. The van der Waals surface area contributed by atoms with Crippen molar-refractivity contribution in [2.75, 3.05) is 39.4 Å². The SMILES string of the molecule is N#Cc1cc(F)c(O)c([C@H](C2CCOCC2)N2CCNCC2)c1. The first-order chi connectivity index (χ1) is 11.2. The number of benzene rings is 1. The summed E-state index contributed by atoms with van der Waals surface area (Å²) in [6, 6.07) is 4.64. The maximum absolute atomic E-state index is 14.1. The molecule has 0 unspecified atom stereocenters. The molecule has 2 aliphatic heterocycles. The summed E-state index contributed by atoms with van der Waals surface area (Å²) in [6.07, 6.45) is 1.76. The van der Waals surface area contributed by atoms with Gasteiger partial charge in [-0.2, -0.15) is 5.26 Å². The van der Waals surface area contributed by atoms with E-state index in [0.717, 1.165) is 45.1 Å². The monoisotopic (exact) mass is 319 g/mol. The predicted molar refractivity (Wildman–Crippen MR) is 83.5 cm³/mol.